The van der Waals surface area contributed by atoms with Gasteiger partial charge in [-0.3, -0.25) is 4.90 Å². The summed E-state index contributed by atoms with van der Waals surface area (Å²) in [6.07, 6.45) is 5.31. The molecule has 0 spiro atoms. The molecule has 0 bridgehead atoms. The first-order chi connectivity index (χ1) is 8.34. The zero-order chi connectivity index (χ0) is 11.7. The Hall–Kier alpha value is -0.860. The molecule has 92 valence electrons. The van der Waals surface area contributed by atoms with Gasteiger partial charge in [-0.05, 0) is 49.4 Å². The zero-order valence-electron chi connectivity index (χ0n) is 10.7. The van der Waals surface area contributed by atoms with E-state index in [4.69, 9.17) is 0 Å². The van der Waals surface area contributed by atoms with E-state index in [1.54, 1.807) is 11.1 Å². The predicted molar refractivity (Wildman–Crippen MR) is 71.3 cm³/mol. The summed E-state index contributed by atoms with van der Waals surface area (Å²) in [5, 5.41) is 3.50. The summed E-state index contributed by atoms with van der Waals surface area (Å²) < 4.78 is 0. The van der Waals surface area contributed by atoms with Crippen LogP contribution in [-0.2, 0) is 12.8 Å². The number of piperazine rings is 1. The fraction of sp³-hybridized carbons (Fsp3) is 0.600. The molecule has 1 aromatic carbocycles. The molecule has 1 heterocycles. The number of nitrogens with one attached hydrogen (secondary N) is 1. The number of rotatable bonds is 1. The third-order valence-corrected chi connectivity index (χ3v) is 4.27. The maximum atomic E-state index is 3.50. The summed E-state index contributed by atoms with van der Waals surface area (Å²) in [4.78, 5) is 2.47. The largest absolute Gasteiger partial charge is 0.314 e. The molecule has 1 aliphatic heterocycles. The van der Waals surface area contributed by atoms with Crippen molar-refractivity contribution in [3.63, 3.8) is 0 Å². The molecule has 0 saturated carbocycles. The van der Waals surface area contributed by atoms with Gasteiger partial charge in [0.15, 0.2) is 0 Å². The van der Waals surface area contributed by atoms with E-state index < -0.39 is 0 Å². The molecular weight excluding hydrogens is 208 g/mol. The monoisotopic (exact) mass is 230 g/mol. The SMILES string of the molecule is CN1CCNCC1c1ccc2c(c1)CCCC2. The summed E-state index contributed by atoms with van der Waals surface area (Å²) in [7, 11) is 2.24. The molecule has 1 unspecified atom stereocenters. The van der Waals surface area contributed by atoms with Crippen molar-refractivity contribution in [1.82, 2.24) is 10.2 Å². The van der Waals surface area contributed by atoms with E-state index in [9.17, 15) is 0 Å². The van der Waals surface area contributed by atoms with Gasteiger partial charge in [0.1, 0.15) is 0 Å². The topological polar surface area (TPSA) is 15.3 Å². The maximum Gasteiger partial charge on any atom is 0.0470 e. The highest BCUT2D eigenvalue weighted by Crippen LogP contribution is 2.27. The molecule has 0 amide bonds. The van der Waals surface area contributed by atoms with Gasteiger partial charge in [-0.25, -0.2) is 0 Å². The van der Waals surface area contributed by atoms with Crippen molar-refractivity contribution >= 4 is 0 Å². The highest BCUT2D eigenvalue weighted by Gasteiger charge is 2.21. The van der Waals surface area contributed by atoms with Crippen LogP contribution in [0.5, 0.6) is 0 Å². The Morgan fingerprint density at radius 3 is 2.82 bits per heavy atom. The van der Waals surface area contributed by atoms with Crippen LogP contribution in [0.4, 0.5) is 0 Å². The third-order valence-electron chi connectivity index (χ3n) is 4.27. The number of likely N-dealkylation sites (N-methyl/N-ethyl adjacent to an activating group) is 1. The maximum absolute atomic E-state index is 3.50. The lowest BCUT2D eigenvalue weighted by atomic mass is 9.88. The molecule has 17 heavy (non-hydrogen) atoms. The lowest BCUT2D eigenvalue weighted by Crippen LogP contribution is -2.43. The summed E-state index contributed by atoms with van der Waals surface area (Å²) >= 11 is 0. The first-order valence-electron chi connectivity index (χ1n) is 6.87. The second-order valence-corrected chi connectivity index (χ2v) is 5.44. The Labute approximate surface area is 104 Å². The van der Waals surface area contributed by atoms with Gasteiger partial charge in [0, 0.05) is 25.7 Å². The molecular formula is C15H22N2. The molecule has 1 saturated heterocycles. The van der Waals surface area contributed by atoms with E-state index in [0.717, 1.165) is 19.6 Å². The number of nitrogens with zero attached hydrogens (tertiary/aromatic N) is 1. The average molecular weight is 230 g/mol. The highest BCUT2D eigenvalue weighted by molar-refractivity contribution is 5.35. The van der Waals surface area contributed by atoms with E-state index in [2.05, 4.69) is 35.5 Å². The normalized spacial score (nSPS) is 25.6. The molecule has 2 heteroatoms. The van der Waals surface area contributed by atoms with Crippen LogP contribution in [0.15, 0.2) is 18.2 Å². The minimum absolute atomic E-state index is 0.566. The van der Waals surface area contributed by atoms with Crippen molar-refractivity contribution in [3.05, 3.63) is 34.9 Å². The van der Waals surface area contributed by atoms with Crippen LogP contribution in [-0.4, -0.2) is 31.6 Å². The van der Waals surface area contributed by atoms with Crippen LogP contribution >= 0.6 is 0 Å². The van der Waals surface area contributed by atoms with E-state index in [-0.39, 0.29) is 0 Å². The lowest BCUT2D eigenvalue weighted by molar-refractivity contribution is 0.202. The minimum Gasteiger partial charge on any atom is -0.314 e. The molecule has 2 nitrogen and oxygen atoms in total. The van der Waals surface area contributed by atoms with Crippen molar-refractivity contribution < 1.29 is 0 Å². The molecule has 0 aromatic heterocycles. The molecule has 1 atom stereocenters. The Kier molecular flexibility index (Phi) is 3.17. The van der Waals surface area contributed by atoms with Gasteiger partial charge in [0.25, 0.3) is 0 Å². The van der Waals surface area contributed by atoms with Gasteiger partial charge in [-0.15, -0.1) is 0 Å². The number of fused-ring (bicyclic) bond motifs is 1. The second kappa shape index (κ2) is 4.79. The number of hydrogen-bond donors (Lipinski definition) is 1. The molecule has 1 aliphatic carbocycles. The Morgan fingerprint density at radius 1 is 1.18 bits per heavy atom. The molecule has 0 radical (unpaired) electrons. The van der Waals surface area contributed by atoms with Crippen LogP contribution in [0.1, 0.15) is 35.6 Å². The number of aryl methyl sites for hydroxylation is 2. The molecule has 1 fully saturated rings. The first-order valence-corrected chi connectivity index (χ1v) is 6.87. The quantitative estimate of drug-likeness (QED) is 0.795. The van der Waals surface area contributed by atoms with Crippen LogP contribution in [0.3, 0.4) is 0 Å². The fourth-order valence-corrected chi connectivity index (χ4v) is 3.14. The Balaban J connectivity index is 1.87. The van der Waals surface area contributed by atoms with Crippen molar-refractivity contribution in [2.75, 3.05) is 26.7 Å². The average Bonchev–Trinajstić information content (AvgIpc) is 2.39. The lowest BCUT2D eigenvalue weighted by Gasteiger charge is -2.34. The fourth-order valence-electron chi connectivity index (χ4n) is 3.14. The number of benzene rings is 1. The summed E-state index contributed by atoms with van der Waals surface area (Å²) in [5.74, 6) is 0. The van der Waals surface area contributed by atoms with Gasteiger partial charge < -0.3 is 5.32 Å². The molecule has 1 aromatic rings. The second-order valence-electron chi connectivity index (χ2n) is 5.44. The van der Waals surface area contributed by atoms with Crippen molar-refractivity contribution in [3.8, 4) is 0 Å². The summed E-state index contributed by atoms with van der Waals surface area (Å²) in [6.45, 7) is 3.37. The standard InChI is InChI=1S/C15H22N2/c1-17-9-8-16-11-15(17)14-7-6-12-4-2-3-5-13(12)10-14/h6-7,10,15-16H,2-5,8-9,11H2,1H3. The van der Waals surface area contributed by atoms with Crippen LogP contribution in [0.25, 0.3) is 0 Å². The van der Waals surface area contributed by atoms with Gasteiger partial charge in [-0.1, -0.05) is 18.2 Å². The molecule has 2 aliphatic rings. The Bertz CT molecular complexity index is 400. The minimum atomic E-state index is 0.566. The predicted octanol–water partition coefficient (Wildman–Crippen LogP) is 2.14. The van der Waals surface area contributed by atoms with Crippen LogP contribution in [0, 0.1) is 0 Å². The van der Waals surface area contributed by atoms with Gasteiger partial charge >= 0.3 is 0 Å². The summed E-state index contributed by atoms with van der Waals surface area (Å²) in [6, 6.07) is 7.74. The zero-order valence-corrected chi connectivity index (χ0v) is 10.7. The van der Waals surface area contributed by atoms with Crippen molar-refractivity contribution in [2.24, 2.45) is 0 Å². The van der Waals surface area contributed by atoms with Gasteiger partial charge in [0.05, 0.1) is 0 Å². The van der Waals surface area contributed by atoms with Gasteiger partial charge in [0.2, 0.25) is 0 Å². The smallest absolute Gasteiger partial charge is 0.0470 e. The van der Waals surface area contributed by atoms with E-state index in [1.807, 2.05) is 0 Å². The third kappa shape index (κ3) is 2.24. The Morgan fingerprint density at radius 2 is 2.00 bits per heavy atom. The van der Waals surface area contributed by atoms with E-state index in [1.165, 1.54) is 31.2 Å². The van der Waals surface area contributed by atoms with Crippen LogP contribution < -0.4 is 5.32 Å². The van der Waals surface area contributed by atoms with E-state index in [0.29, 0.717) is 6.04 Å². The summed E-state index contributed by atoms with van der Waals surface area (Å²) in [5.41, 5.74) is 4.69. The first kappa shape index (κ1) is 11.2. The van der Waals surface area contributed by atoms with Gasteiger partial charge in [-0.2, -0.15) is 0 Å². The molecule has 3 rings (SSSR count). The van der Waals surface area contributed by atoms with Crippen molar-refractivity contribution in [1.29, 1.82) is 0 Å². The highest BCUT2D eigenvalue weighted by atomic mass is 15.2. The molecule has 1 N–H and O–H groups in total. The van der Waals surface area contributed by atoms with Crippen molar-refractivity contribution in [2.45, 2.75) is 31.7 Å². The number of hydrogen-bond acceptors (Lipinski definition) is 2. The van der Waals surface area contributed by atoms with E-state index >= 15 is 0 Å². The van der Waals surface area contributed by atoms with Crippen LogP contribution in [0.2, 0.25) is 0 Å².